The molecule has 0 spiro atoms. The van der Waals surface area contributed by atoms with Crippen LogP contribution in [-0.4, -0.2) is 28.6 Å². The molecule has 0 aromatic rings. The van der Waals surface area contributed by atoms with Crippen molar-refractivity contribution in [1.82, 2.24) is 0 Å². The Morgan fingerprint density at radius 3 is 2.74 bits per heavy atom. The van der Waals surface area contributed by atoms with Crippen LogP contribution in [0.25, 0.3) is 0 Å². The Kier molecular flexibility index (Phi) is 2.50. The van der Waals surface area contributed by atoms with E-state index < -0.39 is 11.0 Å². The Morgan fingerprint density at radius 1 is 1.37 bits per heavy atom. The van der Waals surface area contributed by atoms with Gasteiger partial charge in [0, 0.05) is 17.3 Å². The molecule has 0 bridgehead atoms. The van der Waals surface area contributed by atoms with E-state index in [1.54, 1.807) is 13.0 Å². The van der Waals surface area contributed by atoms with Gasteiger partial charge in [-0.15, -0.1) is 0 Å². The third-order valence-corrected chi connectivity index (χ3v) is 5.46. The highest BCUT2D eigenvalue weighted by atomic mass is 16.6. The molecule has 0 aromatic heterocycles. The van der Waals surface area contributed by atoms with E-state index >= 15 is 0 Å². The number of carbonyl (C=O) groups is 2. The van der Waals surface area contributed by atoms with Crippen LogP contribution in [0.15, 0.2) is 12.2 Å². The van der Waals surface area contributed by atoms with Crippen molar-refractivity contribution in [3.8, 4) is 0 Å². The number of hydrogen-bond acceptors (Lipinski definition) is 4. The van der Waals surface area contributed by atoms with E-state index in [0.717, 1.165) is 6.42 Å². The quantitative estimate of drug-likeness (QED) is 0.673. The molecular weight excluding hydrogens is 244 g/mol. The van der Waals surface area contributed by atoms with Crippen molar-refractivity contribution >= 4 is 11.8 Å². The Morgan fingerprint density at radius 2 is 2.05 bits per heavy atom. The van der Waals surface area contributed by atoms with Crippen molar-refractivity contribution in [3.63, 3.8) is 0 Å². The molecule has 1 N–H and O–H groups in total. The van der Waals surface area contributed by atoms with E-state index in [0.29, 0.717) is 6.42 Å². The minimum Gasteiger partial charge on any atom is -0.461 e. The molecule has 0 amide bonds. The summed E-state index contributed by atoms with van der Waals surface area (Å²) in [6, 6.07) is 0. The van der Waals surface area contributed by atoms with E-state index in [2.05, 4.69) is 0 Å². The zero-order valence-electron chi connectivity index (χ0n) is 11.6. The fraction of sp³-hybridized carbons (Fsp3) is 0.733. The van der Waals surface area contributed by atoms with Crippen molar-refractivity contribution in [2.45, 2.75) is 45.3 Å². The van der Waals surface area contributed by atoms with Crippen molar-refractivity contribution < 1.29 is 19.4 Å². The monoisotopic (exact) mass is 264 g/mol. The first-order valence-electron chi connectivity index (χ1n) is 6.94. The summed E-state index contributed by atoms with van der Waals surface area (Å²) in [6.07, 6.45) is 4.21. The Balaban J connectivity index is 2.07. The second-order valence-corrected chi connectivity index (χ2v) is 6.71. The molecule has 1 aliphatic heterocycles. The third kappa shape index (κ3) is 1.55. The van der Waals surface area contributed by atoms with E-state index in [1.807, 2.05) is 13.8 Å². The molecule has 0 radical (unpaired) electrons. The average molecular weight is 264 g/mol. The maximum Gasteiger partial charge on any atom is 0.309 e. The van der Waals surface area contributed by atoms with Gasteiger partial charge >= 0.3 is 5.97 Å². The standard InChI is InChI=1S/C15H20O4/c1-8-9-4-6-14(2)10(16)5-7-15(3,18)12(14)11(9)19-13(8)17/h5,7-9,11-12,18H,4,6H2,1-3H3/t8-,9-,11-,12+,14-,15+/m0/s1. The van der Waals surface area contributed by atoms with E-state index in [1.165, 1.54) is 6.08 Å². The van der Waals surface area contributed by atoms with Crippen molar-refractivity contribution in [1.29, 1.82) is 0 Å². The minimum atomic E-state index is -1.10. The van der Waals surface area contributed by atoms with Crippen LogP contribution in [0, 0.1) is 23.2 Å². The van der Waals surface area contributed by atoms with E-state index in [9.17, 15) is 14.7 Å². The smallest absolute Gasteiger partial charge is 0.309 e. The van der Waals surface area contributed by atoms with Crippen LogP contribution in [0.3, 0.4) is 0 Å². The fourth-order valence-electron chi connectivity index (χ4n) is 4.29. The molecule has 2 fully saturated rings. The van der Waals surface area contributed by atoms with Gasteiger partial charge < -0.3 is 9.84 Å². The number of rotatable bonds is 0. The van der Waals surface area contributed by atoms with Crippen LogP contribution in [0.2, 0.25) is 0 Å². The average Bonchev–Trinajstić information content (AvgIpc) is 2.60. The minimum absolute atomic E-state index is 0.0399. The van der Waals surface area contributed by atoms with Gasteiger partial charge in [0.25, 0.3) is 0 Å². The second kappa shape index (κ2) is 3.69. The molecule has 104 valence electrons. The summed E-state index contributed by atoms with van der Waals surface area (Å²) in [4.78, 5) is 24.1. The predicted octanol–water partition coefficient (Wildman–Crippen LogP) is 1.47. The molecule has 0 aromatic carbocycles. The number of carbonyl (C=O) groups excluding carboxylic acids is 2. The molecular formula is C15H20O4. The van der Waals surface area contributed by atoms with Crippen LogP contribution in [0.5, 0.6) is 0 Å². The zero-order chi connectivity index (χ0) is 14.0. The summed E-state index contributed by atoms with van der Waals surface area (Å²) in [6.45, 7) is 5.48. The van der Waals surface area contributed by atoms with Gasteiger partial charge in [0.15, 0.2) is 5.78 Å². The lowest BCUT2D eigenvalue weighted by molar-refractivity contribution is -0.167. The molecule has 4 nitrogen and oxygen atoms in total. The predicted molar refractivity (Wildman–Crippen MR) is 68.1 cm³/mol. The van der Waals surface area contributed by atoms with Gasteiger partial charge in [0.1, 0.15) is 6.10 Å². The lowest BCUT2D eigenvalue weighted by atomic mass is 9.53. The maximum atomic E-state index is 12.3. The molecule has 19 heavy (non-hydrogen) atoms. The molecule has 1 saturated heterocycles. The maximum absolute atomic E-state index is 12.3. The summed E-state index contributed by atoms with van der Waals surface area (Å²) < 4.78 is 5.51. The topological polar surface area (TPSA) is 63.6 Å². The second-order valence-electron chi connectivity index (χ2n) is 6.71. The van der Waals surface area contributed by atoms with E-state index in [-0.39, 0.29) is 35.6 Å². The SMILES string of the molecule is C[C@@H]1C(=O)O[C@H]2[C@H]1CC[C@@]1(C)C(=O)C=C[C@@](C)(O)[C@H]21. The molecule has 1 heterocycles. The third-order valence-electron chi connectivity index (χ3n) is 5.46. The lowest BCUT2D eigenvalue weighted by Gasteiger charge is -2.52. The molecule has 0 unspecified atom stereocenters. The highest BCUT2D eigenvalue weighted by Gasteiger charge is 2.62. The van der Waals surface area contributed by atoms with Crippen LogP contribution in [0.1, 0.15) is 33.6 Å². The van der Waals surface area contributed by atoms with Gasteiger partial charge in [-0.2, -0.15) is 0 Å². The van der Waals surface area contributed by atoms with Crippen LogP contribution in [0.4, 0.5) is 0 Å². The Labute approximate surface area is 112 Å². The van der Waals surface area contributed by atoms with Crippen LogP contribution < -0.4 is 0 Å². The summed E-state index contributed by atoms with van der Waals surface area (Å²) in [7, 11) is 0. The number of ketones is 1. The van der Waals surface area contributed by atoms with Crippen molar-refractivity contribution in [3.05, 3.63) is 12.2 Å². The lowest BCUT2D eigenvalue weighted by Crippen LogP contribution is -2.59. The summed E-state index contributed by atoms with van der Waals surface area (Å²) in [5.41, 5.74) is -1.72. The first kappa shape index (κ1) is 12.9. The Bertz CT molecular complexity index is 479. The number of hydrogen-bond donors (Lipinski definition) is 1. The number of ether oxygens (including phenoxy) is 1. The number of esters is 1. The van der Waals surface area contributed by atoms with Crippen molar-refractivity contribution in [2.75, 3.05) is 0 Å². The molecule has 4 heteroatoms. The van der Waals surface area contributed by atoms with Crippen LogP contribution >= 0.6 is 0 Å². The van der Waals surface area contributed by atoms with Gasteiger partial charge in [-0.1, -0.05) is 13.8 Å². The van der Waals surface area contributed by atoms with E-state index in [4.69, 9.17) is 4.74 Å². The largest absolute Gasteiger partial charge is 0.461 e. The number of aliphatic hydroxyl groups is 1. The van der Waals surface area contributed by atoms with Gasteiger partial charge in [0.2, 0.25) is 0 Å². The zero-order valence-corrected chi connectivity index (χ0v) is 11.6. The summed E-state index contributed by atoms with van der Waals surface area (Å²) in [5.74, 6) is -0.511. The Hall–Kier alpha value is -1.16. The first-order valence-corrected chi connectivity index (χ1v) is 6.94. The highest BCUT2D eigenvalue weighted by molar-refractivity contribution is 5.96. The fourth-order valence-corrected chi connectivity index (χ4v) is 4.29. The molecule has 6 atom stereocenters. The van der Waals surface area contributed by atoms with Gasteiger partial charge in [0.05, 0.1) is 11.5 Å². The normalized spacial score (nSPS) is 52.6. The van der Waals surface area contributed by atoms with Crippen molar-refractivity contribution in [2.24, 2.45) is 23.2 Å². The molecule has 3 aliphatic rings. The molecule has 1 saturated carbocycles. The molecule has 2 aliphatic carbocycles. The van der Waals surface area contributed by atoms with Gasteiger partial charge in [-0.05, 0) is 31.9 Å². The van der Waals surface area contributed by atoms with Gasteiger partial charge in [-0.3, -0.25) is 9.59 Å². The summed E-state index contributed by atoms with van der Waals surface area (Å²) in [5, 5.41) is 10.6. The summed E-state index contributed by atoms with van der Waals surface area (Å²) >= 11 is 0. The number of fused-ring (bicyclic) bond motifs is 3. The highest BCUT2D eigenvalue weighted by Crippen LogP contribution is 2.56. The number of allylic oxidation sites excluding steroid dienone is 1. The van der Waals surface area contributed by atoms with Gasteiger partial charge in [-0.25, -0.2) is 0 Å². The first-order chi connectivity index (χ1) is 8.77. The van der Waals surface area contributed by atoms with Crippen LogP contribution in [-0.2, 0) is 14.3 Å². The molecule has 3 rings (SSSR count).